The molecule has 0 saturated carbocycles. The van der Waals surface area contributed by atoms with Crippen molar-refractivity contribution >= 4 is 5.91 Å². The Morgan fingerprint density at radius 1 is 1.25 bits per heavy atom. The van der Waals surface area contributed by atoms with Crippen LogP contribution in [0.15, 0.2) is 0 Å². The standard InChI is InChI=1S/C16H32N2O2/c1-13(2)8-18(9-14(3)4)16(20)11-17-7-5-6-15(10-17)12-19/h13-15,19H,5-12H2,1-4H3. The number of hydrogen-bond acceptors (Lipinski definition) is 3. The topological polar surface area (TPSA) is 43.8 Å². The van der Waals surface area contributed by atoms with Crippen molar-refractivity contribution in [2.75, 3.05) is 39.3 Å². The molecule has 0 radical (unpaired) electrons. The quantitative estimate of drug-likeness (QED) is 0.776. The molecule has 1 aliphatic heterocycles. The molecule has 1 N–H and O–H groups in total. The number of rotatable bonds is 7. The second-order valence-electron chi connectivity index (χ2n) is 7.01. The van der Waals surface area contributed by atoms with Gasteiger partial charge in [-0.2, -0.15) is 0 Å². The molecule has 4 heteroatoms. The number of piperidine rings is 1. The summed E-state index contributed by atoms with van der Waals surface area (Å²) in [7, 11) is 0. The van der Waals surface area contributed by atoms with Gasteiger partial charge in [-0.25, -0.2) is 0 Å². The Bertz CT molecular complexity index is 282. The van der Waals surface area contributed by atoms with E-state index in [9.17, 15) is 9.90 Å². The fraction of sp³-hybridized carbons (Fsp3) is 0.938. The van der Waals surface area contributed by atoms with Gasteiger partial charge in [0.1, 0.15) is 0 Å². The lowest BCUT2D eigenvalue weighted by Gasteiger charge is -2.34. The maximum Gasteiger partial charge on any atom is 0.236 e. The van der Waals surface area contributed by atoms with E-state index in [1.807, 2.05) is 4.90 Å². The molecule has 0 aromatic heterocycles. The van der Waals surface area contributed by atoms with Gasteiger partial charge in [-0.05, 0) is 37.1 Å². The summed E-state index contributed by atoms with van der Waals surface area (Å²) in [5, 5.41) is 9.27. The second-order valence-corrected chi connectivity index (χ2v) is 7.01. The third-order valence-electron chi connectivity index (χ3n) is 3.74. The van der Waals surface area contributed by atoms with Gasteiger partial charge in [-0.1, -0.05) is 27.7 Å². The van der Waals surface area contributed by atoms with Gasteiger partial charge < -0.3 is 10.0 Å². The molecule has 4 nitrogen and oxygen atoms in total. The van der Waals surface area contributed by atoms with Gasteiger partial charge in [0, 0.05) is 26.2 Å². The molecular formula is C16H32N2O2. The Morgan fingerprint density at radius 3 is 2.35 bits per heavy atom. The van der Waals surface area contributed by atoms with Gasteiger partial charge in [0.15, 0.2) is 0 Å². The van der Waals surface area contributed by atoms with Crippen LogP contribution in [0.25, 0.3) is 0 Å². The van der Waals surface area contributed by atoms with Gasteiger partial charge in [0.05, 0.1) is 6.54 Å². The Balaban J connectivity index is 2.51. The zero-order chi connectivity index (χ0) is 15.1. The van der Waals surface area contributed by atoms with E-state index in [4.69, 9.17) is 0 Å². The van der Waals surface area contributed by atoms with Crippen molar-refractivity contribution in [2.45, 2.75) is 40.5 Å². The molecule has 0 aromatic carbocycles. The Hall–Kier alpha value is -0.610. The number of likely N-dealkylation sites (tertiary alicyclic amines) is 1. The zero-order valence-corrected chi connectivity index (χ0v) is 13.6. The molecule has 1 saturated heterocycles. The summed E-state index contributed by atoms with van der Waals surface area (Å²) in [4.78, 5) is 16.7. The second kappa shape index (κ2) is 8.63. The monoisotopic (exact) mass is 284 g/mol. The number of amides is 1. The molecule has 1 aliphatic rings. The van der Waals surface area contributed by atoms with E-state index in [1.165, 1.54) is 0 Å². The maximum absolute atomic E-state index is 12.5. The van der Waals surface area contributed by atoms with E-state index >= 15 is 0 Å². The molecule has 0 bridgehead atoms. The molecule has 118 valence electrons. The number of carbonyl (C=O) groups is 1. The van der Waals surface area contributed by atoms with Crippen LogP contribution in [0.2, 0.25) is 0 Å². The van der Waals surface area contributed by atoms with Crippen LogP contribution in [0.1, 0.15) is 40.5 Å². The molecule has 0 aliphatic carbocycles. The summed E-state index contributed by atoms with van der Waals surface area (Å²) in [6, 6.07) is 0. The lowest BCUT2D eigenvalue weighted by molar-refractivity contribution is -0.134. The first kappa shape index (κ1) is 17.4. The van der Waals surface area contributed by atoms with E-state index < -0.39 is 0 Å². The van der Waals surface area contributed by atoms with Crippen molar-refractivity contribution in [1.29, 1.82) is 0 Å². The highest BCUT2D eigenvalue weighted by atomic mass is 16.3. The summed E-state index contributed by atoms with van der Waals surface area (Å²) in [6.45, 7) is 12.9. The number of aliphatic hydroxyl groups excluding tert-OH is 1. The van der Waals surface area contributed by atoms with Gasteiger partial charge >= 0.3 is 0 Å². The van der Waals surface area contributed by atoms with Crippen molar-refractivity contribution in [2.24, 2.45) is 17.8 Å². The summed E-state index contributed by atoms with van der Waals surface area (Å²) in [5.41, 5.74) is 0. The van der Waals surface area contributed by atoms with Crippen molar-refractivity contribution in [3.63, 3.8) is 0 Å². The van der Waals surface area contributed by atoms with Crippen molar-refractivity contribution in [1.82, 2.24) is 9.80 Å². The highest BCUT2D eigenvalue weighted by Gasteiger charge is 2.23. The smallest absolute Gasteiger partial charge is 0.236 e. The fourth-order valence-corrected chi connectivity index (χ4v) is 2.89. The van der Waals surface area contributed by atoms with E-state index in [-0.39, 0.29) is 12.5 Å². The molecule has 1 fully saturated rings. The first-order valence-corrected chi connectivity index (χ1v) is 8.03. The summed E-state index contributed by atoms with van der Waals surface area (Å²) < 4.78 is 0. The van der Waals surface area contributed by atoms with Crippen LogP contribution in [0.4, 0.5) is 0 Å². The largest absolute Gasteiger partial charge is 0.396 e. The average molecular weight is 284 g/mol. The van der Waals surface area contributed by atoms with Crippen LogP contribution < -0.4 is 0 Å². The minimum atomic E-state index is 0.242. The summed E-state index contributed by atoms with van der Waals surface area (Å²) >= 11 is 0. The molecule has 0 aromatic rings. The van der Waals surface area contributed by atoms with Crippen LogP contribution in [0.5, 0.6) is 0 Å². The third kappa shape index (κ3) is 6.23. The highest BCUT2D eigenvalue weighted by Crippen LogP contribution is 2.16. The number of hydrogen-bond donors (Lipinski definition) is 1. The first-order valence-electron chi connectivity index (χ1n) is 8.03. The Morgan fingerprint density at radius 2 is 1.85 bits per heavy atom. The number of aliphatic hydroxyl groups is 1. The fourth-order valence-electron chi connectivity index (χ4n) is 2.89. The van der Waals surface area contributed by atoms with E-state index in [2.05, 4.69) is 32.6 Å². The Kier molecular flexibility index (Phi) is 7.52. The Labute approximate surface area is 124 Å². The van der Waals surface area contributed by atoms with E-state index in [0.717, 1.165) is 39.0 Å². The van der Waals surface area contributed by atoms with Crippen LogP contribution in [0.3, 0.4) is 0 Å². The van der Waals surface area contributed by atoms with Crippen molar-refractivity contribution in [3.8, 4) is 0 Å². The van der Waals surface area contributed by atoms with Crippen LogP contribution in [-0.2, 0) is 4.79 Å². The number of carbonyl (C=O) groups excluding carboxylic acids is 1. The predicted molar refractivity (Wildman–Crippen MR) is 82.5 cm³/mol. The van der Waals surface area contributed by atoms with Gasteiger partial charge in [-0.15, -0.1) is 0 Å². The van der Waals surface area contributed by atoms with Gasteiger partial charge in [0.25, 0.3) is 0 Å². The van der Waals surface area contributed by atoms with Gasteiger partial charge in [-0.3, -0.25) is 9.69 Å². The molecule has 20 heavy (non-hydrogen) atoms. The van der Waals surface area contributed by atoms with Crippen LogP contribution in [0, 0.1) is 17.8 Å². The van der Waals surface area contributed by atoms with Crippen molar-refractivity contribution < 1.29 is 9.90 Å². The van der Waals surface area contributed by atoms with Crippen molar-refractivity contribution in [3.05, 3.63) is 0 Å². The predicted octanol–water partition coefficient (Wildman–Crippen LogP) is 1.83. The summed E-state index contributed by atoms with van der Waals surface area (Å²) in [5.74, 6) is 1.60. The van der Waals surface area contributed by atoms with Crippen LogP contribution in [-0.4, -0.2) is 60.1 Å². The minimum absolute atomic E-state index is 0.242. The lowest BCUT2D eigenvalue weighted by Crippen LogP contribution is -2.46. The zero-order valence-electron chi connectivity index (χ0n) is 13.6. The van der Waals surface area contributed by atoms with Crippen LogP contribution >= 0.6 is 0 Å². The molecule has 1 atom stereocenters. The SMILES string of the molecule is CC(C)CN(CC(C)C)C(=O)CN1CCCC(CO)C1. The molecule has 1 amide bonds. The number of nitrogens with zero attached hydrogens (tertiary/aromatic N) is 2. The molecule has 0 spiro atoms. The molecule has 1 unspecified atom stereocenters. The highest BCUT2D eigenvalue weighted by molar-refractivity contribution is 5.78. The minimum Gasteiger partial charge on any atom is -0.396 e. The maximum atomic E-state index is 12.5. The van der Waals surface area contributed by atoms with Gasteiger partial charge in [0.2, 0.25) is 5.91 Å². The molecule has 1 rings (SSSR count). The average Bonchev–Trinajstić information content (AvgIpc) is 2.37. The lowest BCUT2D eigenvalue weighted by atomic mass is 9.99. The summed E-state index contributed by atoms with van der Waals surface area (Å²) in [6.07, 6.45) is 2.18. The molecule has 1 heterocycles. The van der Waals surface area contributed by atoms with E-state index in [0.29, 0.717) is 24.3 Å². The first-order chi connectivity index (χ1) is 9.42. The van der Waals surface area contributed by atoms with E-state index in [1.54, 1.807) is 0 Å². The third-order valence-corrected chi connectivity index (χ3v) is 3.74. The molecular weight excluding hydrogens is 252 g/mol. The normalized spacial score (nSPS) is 20.6.